The van der Waals surface area contributed by atoms with Crippen LogP contribution in [0.1, 0.15) is 37.9 Å². The molecule has 0 fully saturated rings. The molecule has 0 amide bonds. The van der Waals surface area contributed by atoms with E-state index in [2.05, 4.69) is 50.4 Å². The van der Waals surface area contributed by atoms with E-state index in [1.54, 1.807) is 0 Å². The van der Waals surface area contributed by atoms with Gasteiger partial charge in [0, 0.05) is 6.04 Å². The third-order valence-electron chi connectivity index (χ3n) is 3.37. The molecule has 20 heavy (non-hydrogen) atoms. The molecule has 0 saturated heterocycles. The van der Waals surface area contributed by atoms with Crippen LogP contribution in [0.2, 0.25) is 5.02 Å². The second kappa shape index (κ2) is 6.81. The monoisotopic (exact) mass is 287 g/mol. The van der Waals surface area contributed by atoms with Gasteiger partial charge in [-0.3, -0.25) is 0 Å². The van der Waals surface area contributed by atoms with E-state index >= 15 is 0 Å². The first-order chi connectivity index (χ1) is 9.56. The molecule has 0 aliphatic rings. The van der Waals surface area contributed by atoms with Gasteiger partial charge in [-0.05, 0) is 42.5 Å². The Morgan fingerprint density at radius 2 is 1.60 bits per heavy atom. The van der Waals surface area contributed by atoms with Gasteiger partial charge in [-0.25, -0.2) is 0 Å². The molecule has 0 aliphatic carbocycles. The summed E-state index contributed by atoms with van der Waals surface area (Å²) in [7, 11) is 0. The highest BCUT2D eigenvalue weighted by molar-refractivity contribution is 6.33. The van der Waals surface area contributed by atoms with E-state index in [9.17, 15) is 0 Å². The van der Waals surface area contributed by atoms with Crippen LogP contribution in [0.3, 0.4) is 0 Å². The molecule has 0 saturated carbocycles. The third-order valence-corrected chi connectivity index (χ3v) is 3.70. The van der Waals surface area contributed by atoms with Crippen molar-refractivity contribution in [3.05, 3.63) is 64.7 Å². The summed E-state index contributed by atoms with van der Waals surface area (Å²) in [5.74, 6) is 0.694. The number of rotatable bonds is 5. The molecule has 106 valence electrons. The van der Waals surface area contributed by atoms with Gasteiger partial charge in [-0.1, -0.05) is 61.8 Å². The van der Waals surface area contributed by atoms with Crippen molar-refractivity contribution >= 4 is 17.3 Å². The fourth-order valence-corrected chi connectivity index (χ4v) is 2.50. The summed E-state index contributed by atoms with van der Waals surface area (Å²) in [6.45, 7) is 6.64. The lowest BCUT2D eigenvalue weighted by Crippen LogP contribution is -2.07. The van der Waals surface area contributed by atoms with E-state index < -0.39 is 0 Å². The number of halogens is 1. The Bertz CT molecular complexity index is 546. The molecule has 1 N–H and O–H groups in total. The second-order valence-corrected chi connectivity index (χ2v) is 6.09. The molecular weight excluding hydrogens is 266 g/mol. The summed E-state index contributed by atoms with van der Waals surface area (Å²) in [4.78, 5) is 0. The molecular formula is C18H22ClN. The summed E-state index contributed by atoms with van der Waals surface area (Å²) in [5.41, 5.74) is 3.65. The lowest BCUT2D eigenvalue weighted by molar-refractivity contribution is 0.647. The Balaban J connectivity index is 2.06. The minimum Gasteiger partial charge on any atom is -0.377 e. The van der Waals surface area contributed by atoms with E-state index in [0.29, 0.717) is 5.92 Å². The number of benzene rings is 2. The van der Waals surface area contributed by atoms with Gasteiger partial charge in [-0.2, -0.15) is 0 Å². The van der Waals surface area contributed by atoms with Crippen molar-refractivity contribution in [3.63, 3.8) is 0 Å². The lowest BCUT2D eigenvalue weighted by Gasteiger charge is -2.17. The highest BCUT2D eigenvalue weighted by Gasteiger charge is 2.07. The predicted molar refractivity (Wildman–Crippen MR) is 88.5 cm³/mol. The zero-order valence-corrected chi connectivity index (χ0v) is 13.1. The van der Waals surface area contributed by atoms with Gasteiger partial charge in [0.1, 0.15) is 0 Å². The van der Waals surface area contributed by atoms with Crippen molar-refractivity contribution < 1.29 is 0 Å². The van der Waals surface area contributed by atoms with Crippen molar-refractivity contribution in [1.82, 2.24) is 0 Å². The molecule has 0 bridgehead atoms. The predicted octanol–water partition coefficient (Wildman–Crippen LogP) is 5.71. The summed E-state index contributed by atoms with van der Waals surface area (Å²) >= 11 is 6.18. The summed E-state index contributed by atoms with van der Waals surface area (Å²) in [6, 6.07) is 16.9. The van der Waals surface area contributed by atoms with Crippen molar-refractivity contribution in [2.45, 2.75) is 33.2 Å². The highest BCUT2D eigenvalue weighted by Crippen LogP contribution is 2.26. The number of para-hydroxylation sites is 1. The van der Waals surface area contributed by atoms with Gasteiger partial charge in [0.05, 0.1) is 10.7 Å². The molecule has 0 aromatic heterocycles. The van der Waals surface area contributed by atoms with Crippen LogP contribution in [0.5, 0.6) is 0 Å². The zero-order valence-electron chi connectivity index (χ0n) is 12.4. The summed E-state index contributed by atoms with van der Waals surface area (Å²) in [6.07, 6.45) is 1.13. The van der Waals surface area contributed by atoms with Crippen LogP contribution in [0.4, 0.5) is 5.69 Å². The molecule has 2 aromatic carbocycles. The van der Waals surface area contributed by atoms with Gasteiger partial charge in [-0.15, -0.1) is 0 Å². The Hall–Kier alpha value is -1.47. The molecule has 0 spiro atoms. The van der Waals surface area contributed by atoms with Crippen LogP contribution < -0.4 is 5.32 Å². The topological polar surface area (TPSA) is 12.0 Å². The largest absolute Gasteiger partial charge is 0.377 e. The van der Waals surface area contributed by atoms with Gasteiger partial charge < -0.3 is 5.32 Å². The Kier molecular flexibility index (Phi) is 5.08. The smallest absolute Gasteiger partial charge is 0.0637 e. The van der Waals surface area contributed by atoms with Crippen LogP contribution in [-0.4, -0.2) is 0 Å². The van der Waals surface area contributed by atoms with Crippen LogP contribution in [0.25, 0.3) is 0 Å². The molecule has 0 radical (unpaired) electrons. The second-order valence-electron chi connectivity index (χ2n) is 5.69. The van der Waals surface area contributed by atoms with Crippen molar-refractivity contribution in [2.75, 3.05) is 5.32 Å². The van der Waals surface area contributed by atoms with Gasteiger partial charge in [0.15, 0.2) is 0 Å². The van der Waals surface area contributed by atoms with E-state index in [1.807, 2.05) is 24.3 Å². The maximum absolute atomic E-state index is 6.18. The first-order valence-corrected chi connectivity index (χ1v) is 7.54. The van der Waals surface area contributed by atoms with Gasteiger partial charge in [0.2, 0.25) is 0 Å². The minimum atomic E-state index is 0.239. The van der Waals surface area contributed by atoms with E-state index in [0.717, 1.165) is 17.1 Å². The van der Waals surface area contributed by atoms with Crippen molar-refractivity contribution in [2.24, 2.45) is 5.92 Å². The number of anilines is 1. The van der Waals surface area contributed by atoms with Crippen LogP contribution in [-0.2, 0) is 6.42 Å². The molecule has 1 unspecified atom stereocenters. The Morgan fingerprint density at radius 3 is 2.20 bits per heavy atom. The van der Waals surface area contributed by atoms with Crippen molar-refractivity contribution in [3.8, 4) is 0 Å². The Morgan fingerprint density at radius 1 is 0.950 bits per heavy atom. The SMILES string of the molecule is CC(C)Cc1ccc(C(C)Nc2ccccc2Cl)cc1. The average Bonchev–Trinajstić information content (AvgIpc) is 2.41. The van der Waals surface area contributed by atoms with Gasteiger partial charge in [0.25, 0.3) is 0 Å². The first kappa shape index (κ1) is 14.9. The number of nitrogens with one attached hydrogen (secondary N) is 1. The van der Waals surface area contributed by atoms with E-state index in [1.165, 1.54) is 11.1 Å². The molecule has 2 heteroatoms. The molecule has 2 rings (SSSR count). The standard InChI is InChI=1S/C18H22ClN/c1-13(2)12-15-8-10-16(11-9-15)14(3)20-18-7-5-4-6-17(18)19/h4-11,13-14,20H,12H2,1-3H3. The third kappa shape index (κ3) is 4.01. The minimum absolute atomic E-state index is 0.239. The summed E-state index contributed by atoms with van der Waals surface area (Å²) in [5, 5.41) is 4.21. The van der Waals surface area contributed by atoms with Gasteiger partial charge >= 0.3 is 0 Å². The quantitative estimate of drug-likeness (QED) is 0.742. The van der Waals surface area contributed by atoms with Crippen LogP contribution in [0, 0.1) is 5.92 Å². The first-order valence-electron chi connectivity index (χ1n) is 7.16. The maximum Gasteiger partial charge on any atom is 0.0637 e. The highest BCUT2D eigenvalue weighted by atomic mass is 35.5. The van der Waals surface area contributed by atoms with E-state index in [-0.39, 0.29) is 6.04 Å². The lowest BCUT2D eigenvalue weighted by atomic mass is 10.00. The van der Waals surface area contributed by atoms with Crippen LogP contribution in [0.15, 0.2) is 48.5 Å². The Labute approximate surface area is 127 Å². The number of hydrogen-bond acceptors (Lipinski definition) is 1. The zero-order chi connectivity index (χ0) is 14.5. The number of hydrogen-bond donors (Lipinski definition) is 1. The molecule has 1 nitrogen and oxygen atoms in total. The fourth-order valence-electron chi connectivity index (χ4n) is 2.31. The van der Waals surface area contributed by atoms with Crippen LogP contribution >= 0.6 is 11.6 Å². The molecule has 0 heterocycles. The molecule has 1 atom stereocenters. The molecule has 0 aliphatic heterocycles. The fraction of sp³-hybridized carbons (Fsp3) is 0.333. The van der Waals surface area contributed by atoms with E-state index in [4.69, 9.17) is 11.6 Å². The average molecular weight is 288 g/mol. The molecule has 2 aromatic rings. The summed E-state index contributed by atoms with van der Waals surface area (Å²) < 4.78 is 0. The normalized spacial score (nSPS) is 12.4. The maximum atomic E-state index is 6.18. The van der Waals surface area contributed by atoms with Crippen molar-refractivity contribution in [1.29, 1.82) is 0 Å².